The molecule has 0 radical (unpaired) electrons. The number of hydrogen-bond donors (Lipinski definition) is 1. The van der Waals surface area contributed by atoms with Crippen molar-refractivity contribution in [3.8, 4) is 17.4 Å². The number of benzene rings is 1. The van der Waals surface area contributed by atoms with Gasteiger partial charge < -0.3 is 14.8 Å². The van der Waals surface area contributed by atoms with E-state index < -0.39 is 5.82 Å². The summed E-state index contributed by atoms with van der Waals surface area (Å²) in [5.41, 5.74) is 0.876. The lowest BCUT2D eigenvalue weighted by Gasteiger charge is -2.12. The Kier molecular flexibility index (Phi) is 6.51. The second-order valence-corrected chi connectivity index (χ2v) is 5.63. The van der Waals surface area contributed by atoms with E-state index in [1.807, 2.05) is 32.1 Å². The minimum Gasteiger partial charge on any atom is -0.488 e. The number of ether oxygens (including phenoxy) is 2. The van der Waals surface area contributed by atoms with Gasteiger partial charge in [-0.25, -0.2) is 9.37 Å². The van der Waals surface area contributed by atoms with E-state index in [2.05, 4.69) is 10.3 Å². The van der Waals surface area contributed by atoms with E-state index in [1.165, 1.54) is 25.1 Å². The van der Waals surface area contributed by atoms with Crippen molar-refractivity contribution >= 4 is 12.0 Å². The third-order valence-corrected chi connectivity index (χ3v) is 3.03. The molecule has 0 spiro atoms. The standard InChI is InChI=1S/C19H21FN2O3/c1-13(2)24-18-11-16(7-8-17(18)20)25-19-9-6-15(12-22-19)5-4-10-21-14(3)23/h4-9,11-13H,10H2,1-3H3,(H,21,23)/b5-4+. The first-order valence-corrected chi connectivity index (χ1v) is 7.95. The molecule has 25 heavy (non-hydrogen) atoms. The molecule has 0 fully saturated rings. The van der Waals surface area contributed by atoms with E-state index >= 15 is 0 Å². The zero-order chi connectivity index (χ0) is 18.2. The van der Waals surface area contributed by atoms with Crippen LogP contribution in [0.15, 0.2) is 42.6 Å². The third-order valence-electron chi connectivity index (χ3n) is 3.03. The second kappa shape index (κ2) is 8.82. The lowest BCUT2D eigenvalue weighted by atomic mass is 10.2. The number of nitrogens with zero attached hydrogens (tertiary/aromatic N) is 1. The highest BCUT2D eigenvalue weighted by atomic mass is 19.1. The highest BCUT2D eigenvalue weighted by Crippen LogP contribution is 2.27. The molecular formula is C19H21FN2O3. The summed E-state index contributed by atoms with van der Waals surface area (Å²) in [6.45, 7) is 5.58. The summed E-state index contributed by atoms with van der Waals surface area (Å²) in [6.07, 6.45) is 5.19. The normalized spacial score (nSPS) is 10.9. The Morgan fingerprint density at radius 1 is 1.32 bits per heavy atom. The fraction of sp³-hybridized carbons (Fsp3) is 0.263. The Morgan fingerprint density at radius 2 is 2.12 bits per heavy atom. The summed E-state index contributed by atoms with van der Waals surface area (Å²) in [5.74, 6) is 0.463. The van der Waals surface area contributed by atoms with Crippen molar-refractivity contribution in [3.63, 3.8) is 0 Å². The molecule has 2 aromatic rings. The summed E-state index contributed by atoms with van der Waals surface area (Å²) in [6, 6.07) is 7.86. The van der Waals surface area contributed by atoms with Crippen molar-refractivity contribution in [2.75, 3.05) is 6.54 Å². The van der Waals surface area contributed by atoms with Crippen molar-refractivity contribution in [1.82, 2.24) is 10.3 Å². The Balaban J connectivity index is 2.00. The molecule has 2 rings (SSSR count). The zero-order valence-corrected chi connectivity index (χ0v) is 14.5. The molecule has 1 aromatic heterocycles. The lowest BCUT2D eigenvalue weighted by Crippen LogP contribution is -2.19. The van der Waals surface area contributed by atoms with Crippen molar-refractivity contribution in [2.24, 2.45) is 0 Å². The maximum Gasteiger partial charge on any atom is 0.219 e. The number of hydrogen-bond acceptors (Lipinski definition) is 4. The van der Waals surface area contributed by atoms with Crippen molar-refractivity contribution in [3.05, 3.63) is 54.0 Å². The number of amides is 1. The summed E-state index contributed by atoms with van der Waals surface area (Å²) in [5, 5.41) is 2.67. The summed E-state index contributed by atoms with van der Waals surface area (Å²) >= 11 is 0. The van der Waals surface area contributed by atoms with E-state index in [9.17, 15) is 9.18 Å². The molecule has 1 amide bonds. The smallest absolute Gasteiger partial charge is 0.219 e. The fourth-order valence-corrected chi connectivity index (χ4v) is 1.96. The molecule has 0 saturated carbocycles. The van der Waals surface area contributed by atoms with Crippen molar-refractivity contribution in [2.45, 2.75) is 26.9 Å². The molecule has 0 saturated heterocycles. The summed E-state index contributed by atoms with van der Waals surface area (Å²) < 4.78 is 24.7. The maximum absolute atomic E-state index is 13.7. The Morgan fingerprint density at radius 3 is 2.76 bits per heavy atom. The van der Waals surface area contributed by atoms with Crippen LogP contribution in [0.4, 0.5) is 4.39 Å². The zero-order valence-electron chi connectivity index (χ0n) is 14.5. The molecular weight excluding hydrogens is 323 g/mol. The number of carbonyl (C=O) groups excluding carboxylic acids is 1. The van der Waals surface area contributed by atoms with Crippen LogP contribution >= 0.6 is 0 Å². The average molecular weight is 344 g/mol. The third kappa shape index (κ3) is 6.25. The largest absolute Gasteiger partial charge is 0.488 e. The predicted molar refractivity (Wildman–Crippen MR) is 94.2 cm³/mol. The number of carbonyl (C=O) groups is 1. The van der Waals surface area contributed by atoms with Gasteiger partial charge in [-0.2, -0.15) is 0 Å². The van der Waals surface area contributed by atoms with Crippen LogP contribution in [0.2, 0.25) is 0 Å². The van der Waals surface area contributed by atoms with Gasteiger partial charge in [0.2, 0.25) is 11.8 Å². The van der Waals surface area contributed by atoms with Gasteiger partial charge in [0, 0.05) is 31.8 Å². The van der Waals surface area contributed by atoms with Gasteiger partial charge in [0.1, 0.15) is 5.75 Å². The molecule has 0 aliphatic carbocycles. The van der Waals surface area contributed by atoms with Gasteiger partial charge in [0.15, 0.2) is 11.6 Å². The van der Waals surface area contributed by atoms with E-state index in [-0.39, 0.29) is 17.8 Å². The molecule has 6 heteroatoms. The number of halogens is 1. The first-order chi connectivity index (χ1) is 11.9. The lowest BCUT2D eigenvalue weighted by molar-refractivity contribution is -0.118. The minimum atomic E-state index is -0.436. The van der Waals surface area contributed by atoms with Crippen LogP contribution < -0.4 is 14.8 Å². The highest BCUT2D eigenvalue weighted by Gasteiger charge is 2.08. The second-order valence-electron chi connectivity index (χ2n) is 5.63. The van der Waals surface area contributed by atoms with Gasteiger partial charge in [-0.15, -0.1) is 0 Å². The van der Waals surface area contributed by atoms with Crippen LogP contribution in [0.25, 0.3) is 6.08 Å². The monoisotopic (exact) mass is 344 g/mol. The van der Waals surface area contributed by atoms with Gasteiger partial charge >= 0.3 is 0 Å². The molecule has 5 nitrogen and oxygen atoms in total. The number of nitrogens with one attached hydrogen (secondary N) is 1. The molecule has 1 heterocycles. The van der Waals surface area contributed by atoms with Crippen LogP contribution in [0.1, 0.15) is 26.3 Å². The summed E-state index contributed by atoms with van der Waals surface area (Å²) in [7, 11) is 0. The molecule has 0 bridgehead atoms. The van der Waals surface area contributed by atoms with E-state index in [0.717, 1.165) is 5.56 Å². The minimum absolute atomic E-state index is 0.0772. The van der Waals surface area contributed by atoms with Crippen molar-refractivity contribution in [1.29, 1.82) is 0 Å². The van der Waals surface area contributed by atoms with Gasteiger partial charge in [-0.1, -0.05) is 12.2 Å². The quantitative estimate of drug-likeness (QED) is 0.826. The fourth-order valence-electron chi connectivity index (χ4n) is 1.96. The van der Waals surface area contributed by atoms with Gasteiger partial charge in [-0.05, 0) is 37.6 Å². The van der Waals surface area contributed by atoms with Crippen LogP contribution in [0.3, 0.4) is 0 Å². The molecule has 1 aromatic carbocycles. The summed E-state index contributed by atoms with van der Waals surface area (Å²) in [4.78, 5) is 15.0. The molecule has 0 atom stereocenters. The van der Waals surface area contributed by atoms with Crippen LogP contribution in [0, 0.1) is 5.82 Å². The highest BCUT2D eigenvalue weighted by molar-refractivity contribution is 5.73. The number of pyridine rings is 1. The topological polar surface area (TPSA) is 60.5 Å². The Hall–Kier alpha value is -2.89. The number of aromatic nitrogens is 1. The van der Waals surface area contributed by atoms with Crippen LogP contribution in [-0.2, 0) is 4.79 Å². The van der Waals surface area contributed by atoms with Crippen LogP contribution in [0.5, 0.6) is 17.4 Å². The SMILES string of the molecule is CC(=O)NC/C=C/c1ccc(Oc2ccc(F)c(OC(C)C)c2)nc1. The Bertz CT molecular complexity index is 743. The molecule has 0 aliphatic heterocycles. The number of rotatable bonds is 7. The van der Waals surface area contributed by atoms with Crippen LogP contribution in [-0.4, -0.2) is 23.5 Å². The maximum atomic E-state index is 13.7. The van der Waals surface area contributed by atoms with Crippen molar-refractivity contribution < 1.29 is 18.7 Å². The first kappa shape index (κ1) is 18.4. The average Bonchev–Trinajstić information content (AvgIpc) is 2.55. The molecule has 0 unspecified atom stereocenters. The first-order valence-electron chi connectivity index (χ1n) is 7.95. The molecule has 0 aliphatic rings. The Labute approximate surface area is 146 Å². The van der Waals surface area contributed by atoms with E-state index in [4.69, 9.17) is 9.47 Å². The van der Waals surface area contributed by atoms with Gasteiger partial charge in [0.25, 0.3) is 0 Å². The molecule has 1 N–H and O–H groups in total. The van der Waals surface area contributed by atoms with Gasteiger partial charge in [0.05, 0.1) is 6.10 Å². The van der Waals surface area contributed by atoms with E-state index in [1.54, 1.807) is 12.3 Å². The predicted octanol–water partition coefficient (Wildman–Crippen LogP) is 3.95. The van der Waals surface area contributed by atoms with E-state index in [0.29, 0.717) is 18.2 Å². The van der Waals surface area contributed by atoms with Gasteiger partial charge in [-0.3, -0.25) is 4.79 Å². The molecule has 132 valence electrons.